The number of halogens is 1. The van der Waals surface area contributed by atoms with E-state index in [2.05, 4.69) is 15.2 Å². The van der Waals surface area contributed by atoms with Gasteiger partial charge in [-0.3, -0.25) is 15.1 Å². The molecule has 1 N–H and O–H groups in total. The molecular weight excluding hydrogens is 545 g/mol. The summed E-state index contributed by atoms with van der Waals surface area (Å²) < 4.78 is 16.1. The zero-order valence-electron chi connectivity index (χ0n) is 20.9. The molecular formula is C30H22FN5O2S2. The Morgan fingerprint density at radius 2 is 1.65 bits per heavy atom. The van der Waals surface area contributed by atoms with E-state index in [0.29, 0.717) is 10.8 Å². The van der Waals surface area contributed by atoms with E-state index in [4.69, 9.17) is 12.2 Å². The molecule has 6 rings (SSSR count). The predicted molar refractivity (Wildman–Crippen MR) is 157 cm³/mol. The Hall–Kier alpha value is -4.54. The predicted octanol–water partition coefficient (Wildman–Crippen LogP) is 7.25. The summed E-state index contributed by atoms with van der Waals surface area (Å²) in [5, 5.41) is 15.0. The highest BCUT2D eigenvalue weighted by atomic mass is 32.2. The smallest absolute Gasteiger partial charge is 0.269 e. The Bertz CT molecular complexity index is 1680. The van der Waals surface area contributed by atoms with E-state index in [1.54, 1.807) is 24.4 Å². The SMILES string of the molecule is O=[N+]([O-])c1ccc(Sc2ccc(N3C(=S)NC(c4ccccn4)C3c3cccn3-c3cccc(F)c3)cc2)cc1. The first kappa shape index (κ1) is 25.7. The third-order valence-corrected chi connectivity index (χ3v) is 8.00. The maximum absolute atomic E-state index is 14.2. The van der Waals surface area contributed by atoms with Gasteiger partial charge < -0.3 is 14.8 Å². The summed E-state index contributed by atoms with van der Waals surface area (Å²) >= 11 is 7.38. The third kappa shape index (κ3) is 5.06. The van der Waals surface area contributed by atoms with Crippen LogP contribution in [0.5, 0.6) is 0 Å². The molecule has 2 aromatic heterocycles. The molecule has 0 aliphatic carbocycles. The van der Waals surface area contributed by atoms with Crippen molar-refractivity contribution in [3.8, 4) is 5.69 Å². The molecule has 0 spiro atoms. The molecule has 7 nitrogen and oxygen atoms in total. The maximum Gasteiger partial charge on any atom is 0.269 e. The van der Waals surface area contributed by atoms with Crippen LogP contribution in [-0.2, 0) is 0 Å². The standard InChI is InChI=1S/C30H22FN5O2S2/c31-20-5-3-6-23(19-20)34-18-4-8-27(34)29-28(26-7-1-2-17-32-26)33-30(39)35(29)21-9-13-24(14-10-21)40-25-15-11-22(12-16-25)36(37)38/h1-19,28-29H,(H,33,39). The number of nitrogens with one attached hydrogen (secondary N) is 1. The molecule has 0 saturated carbocycles. The van der Waals surface area contributed by atoms with Crippen molar-refractivity contribution >= 4 is 40.5 Å². The van der Waals surface area contributed by atoms with Crippen molar-refractivity contribution in [1.29, 1.82) is 0 Å². The van der Waals surface area contributed by atoms with E-state index in [1.165, 1.54) is 36.0 Å². The van der Waals surface area contributed by atoms with Crippen LogP contribution in [0.3, 0.4) is 0 Å². The summed E-state index contributed by atoms with van der Waals surface area (Å²) in [7, 11) is 0. The Morgan fingerprint density at radius 1 is 0.900 bits per heavy atom. The first-order valence-corrected chi connectivity index (χ1v) is 13.7. The number of benzene rings is 3. The number of thiocarbonyl (C=S) groups is 1. The van der Waals surface area contributed by atoms with Crippen molar-refractivity contribution in [3.05, 3.63) is 143 Å². The lowest BCUT2D eigenvalue weighted by Gasteiger charge is -2.29. The lowest BCUT2D eigenvalue weighted by Crippen LogP contribution is -2.30. The molecule has 1 aliphatic heterocycles. The summed E-state index contributed by atoms with van der Waals surface area (Å²) in [5.41, 5.74) is 3.44. The minimum Gasteiger partial charge on any atom is -0.351 e. The average molecular weight is 568 g/mol. The second kappa shape index (κ2) is 10.9. The lowest BCUT2D eigenvalue weighted by molar-refractivity contribution is -0.384. The van der Waals surface area contributed by atoms with Gasteiger partial charge in [-0.1, -0.05) is 23.9 Å². The maximum atomic E-state index is 14.2. The average Bonchev–Trinajstić information content (AvgIpc) is 3.59. The fourth-order valence-corrected chi connectivity index (χ4v) is 6.04. The topological polar surface area (TPSA) is 76.2 Å². The van der Waals surface area contributed by atoms with E-state index < -0.39 is 4.92 Å². The van der Waals surface area contributed by atoms with Crippen LogP contribution in [0.25, 0.3) is 5.69 Å². The number of nitrogens with zero attached hydrogens (tertiary/aromatic N) is 4. The van der Waals surface area contributed by atoms with Crippen molar-refractivity contribution in [3.63, 3.8) is 0 Å². The van der Waals surface area contributed by atoms with Crippen molar-refractivity contribution in [2.24, 2.45) is 0 Å². The van der Waals surface area contributed by atoms with E-state index in [-0.39, 0.29) is 23.6 Å². The number of aromatic nitrogens is 2. The second-order valence-electron chi connectivity index (χ2n) is 9.13. The van der Waals surface area contributed by atoms with E-state index in [9.17, 15) is 14.5 Å². The monoisotopic (exact) mass is 567 g/mol. The van der Waals surface area contributed by atoms with E-state index in [0.717, 1.165) is 26.9 Å². The highest BCUT2D eigenvalue weighted by molar-refractivity contribution is 7.99. The van der Waals surface area contributed by atoms with Gasteiger partial charge in [-0.05, 0) is 91.1 Å². The molecule has 2 atom stereocenters. The van der Waals surface area contributed by atoms with Gasteiger partial charge in [0, 0.05) is 51.4 Å². The molecule has 0 bridgehead atoms. The summed E-state index contributed by atoms with van der Waals surface area (Å²) in [6, 6.07) is 30.2. The van der Waals surface area contributed by atoms with Crippen LogP contribution in [-0.4, -0.2) is 19.6 Å². The molecule has 1 aliphatic rings. The minimum absolute atomic E-state index is 0.0613. The van der Waals surface area contributed by atoms with E-state index >= 15 is 0 Å². The molecule has 2 unspecified atom stereocenters. The first-order chi connectivity index (χ1) is 19.5. The van der Waals surface area contributed by atoms with Gasteiger partial charge in [0.25, 0.3) is 5.69 Å². The Balaban J connectivity index is 1.36. The van der Waals surface area contributed by atoms with Gasteiger partial charge in [0.15, 0.2) is 5.11 Å². The minimum atomic E-state index is -0.407. The number of hydrogen-bond donors (Lipinski definition) is 1. The number of rotatable bonds is 7. The third-order valence-electron chi connectivity index (χ3n) is 6.67. The van der Waals surface area contributed by atoms with Gasteiger partial charge in [0.1, 0.15) is 11.9 Å². The normalized spacial score (nSPS) is 16.6. The quantitative estimate of drug-likeness (QED) is 0.126. The molecule has 3 heterocycles. The number of anilines is 1. The van der Waals surface area contributed by atoms with Crippen LogP contribution in [0.1, 0.15) is 23.5 Å². The fourth-order valence-electron chi connectivity index (χ4n) is 4.88. The van der Waals surface area contributed by atoms with Crippen molar-refractivity contribution in [2.45, 2.75) is 21.9 Å². The van der Waals surface area contributed by atoms with Gasteiger partial charge >= 0.3 is 0 Å². The lowest BCUT2D eigenvalue weighted by atomic mass is 10.0. The number of pyridine rings is 1. The highest BCUT2D eigenvalue weighted by Gasteiger charge is 2.42. The summed E-state index contributed by atoms with van der Waals surface area (Å²) in [5.74, 6) is -0.309. The van der Waals surface area contributed by atoms with Gasteiger partial charge in [0.05, 0.1) is 16.7 Å². The van der Waals surface area contributed by atoms with Gasteiger partial charge in [0.2, 0.25) is 0 Å². The molecule has 40 heavy (non-hydrogen) atoms. The van der Waals surface area contributed by atoms with Crippen LogP contribution in [0.15, 0.2) is 125 Å². The molecule has 1 fully saturated rings. The first-order valence-electron chi connectivity index (χ1n) is 12.4. The van der Waals surface area contributed by atoms with Crippen LogP contribution in [0.4, 0.5) is 15.8 Å². The van der Waals surface area contributed by atoms with Crippen molar-refractivity contribution < 1.29 is 9.31 Å². The van der Waals surface area contributed by atoms with Gasteiger partial charge in [-0.2, -0.15) is 0 Å². The number of hydrogen-bond acceptors (Lipinski definition) is 5. The summed E-state index contributed by atoms with van der Waals surface area (Å²) in [6.07, 6.45) is 3.68. The van der Waals surface area contributed by atoms with Gasteiger partial charge in [-0.15, -0.1) is 0 Å². The van der Waals surface area contributed by atoms with Crippen LogP contribution < -0.4 is 10.2 Å². The molecule has 1 saturated heterocycles. The van der Waals surface area contributed by atoms with Crippen LogP contribution in [0.2, 0.25) is 0 Å². The molecule has 5 aromatic rings. The second-order valence-corrected chi connectivity index (χ2v) is 10.7. The summed E-state index contributed by atoms with van der Waals surface area (Å²) in [4.78, 5) is 19.1. The largest absolute Gasteiger partial charge is 0.351 e. The van der Waals surface area contributed by atoms with Crippen LogP contribution >= 0.6 is 24.0 Å². The molecule has 198 valence electrons. The Kier molecular flexibility index (Phi) is 7.02. The van der Waals surface area contributed by atoms with Crippen LogP contribution in [0, 0.1) is 15.9 Å². The zero-order chi connectivity index (χ0) is 27.6. The molecule has 0 radical (unpaired) electrons. The molecule has 3 aromatic carbocycles. The number of nitro groups is 1. The Morgan fingerprint density at radius 3 is 2.33 bits per heavy atom. The molecule has 10 heteroatoms. The van der Waals surface area contributed by atoms with E-state index in [1.807, 2.05) is 71.4 Å². The number of non-ortho nitro benzene ring substituents is 1. The van der Waals surface area contributed by atoms with Crippen molar-refractivity contribution in [2.75, 3.05) is 4.90 Å². The fraction of sp³-hybridized carbons (Fsp3) is 0.0667. The Labute approximate surface area is 239 Å². The van der Waals surface area contributed by atoms with Gasteiger partial charge in [-0.25, -0.2) is 4.39 Å². The summed E-state index contributed by atoms with van der Waals surface area (Å²) in [6.45, 7) is 0. The van der Waals surface area contributed by atoms with Crippen molar-refractivity contribution in [1.82, 2.24) is 14.9 Å². The highest BCUT2D eigenvalue weighted by Crippen LogP contribution is 2.43. The number of nitro benzene ring substituents is 1. The molecule has 0 amide bonds. The zero-order valence-corrected chi connectivity index (χ0v) is 22.6.